The SMILES string of the molecule is COc1cc(NC(=O)C2CCN(c3cc(C(=O)N4CCOCC4)ccn3)CC2)cc(OC)c1OC. The van der Waals surface area contributed by atoms with E-state index in [1.54, 1.807) is 24.4 Å². The highest BCUT2D eigenvalue weighted by molar-refractivity contribution is 5.95. The third-order valence-corrected chi connectivity index (χ3v) is 6.41. The number of rotatable bonds is 7. The Morgan fingerprint density at radius 3 is 2.23 bits per heavy atom. The highest BCUT2D eigenvalue weighted by Crippen LogP contribution is 2.40. The van der Waals surface area contributed by atoms with Gasteiger partial charge in [0, 0.05) is 61.7 Å². The Kier molecular flexibility index (Phi) is 7.91. The first kappa shape index (κ1) is 24.6. The predicted molar refractivity (Wildman–Crippen MR) is 131 cm³/mol. The second-order valence-corrected chi connectivity index (χ2v) is 8.47. The van der Waals surface area contributed by atoms with Crippen molar-refractivity contribution >= 4 is 23.3 Å². The van der Waals surface area contributed by atoms with Gasteiger partial charge in [0.05, 0.1) is 34.5 Å². The summed E-state index contributed by atoms with van der Waals surface area (Å²) in [7, 11) is 4.61. The van der Waals surface area contributed by atoms with E-state index in [0.717, 1.165) is 5.82 Å². The number of benzene rings is 1. The smallest absolute Gasteiger partial charge is 0.254 e. The van der Waals surface area contributed by atoms with Crippen molar-refractivity contribution in [2.24, 2.45) is 5.92 Å². The van der Waals surface area contributed by atoms with E-state index in [9.17, 15) is 9.59 Å². The van der Waals surface area contributed by atoms with Crippen LogP contribution >= 0.6 is 0 Å². The highest BCUT2D eigenvalue weighted by atomic mass is 16.5. The van der Waals surface area contributed by atoms with Crippen molar-refractivity contribution in [3.05, 3.63) is 36.0 Å². The van der Waals surface area contributed by atoms with Gasteiger partial charge in [-0.3, -0.25) is 9.59 Å². The van der Waals surface area contributed by atoms with Crippen LogP contribution in [0.2, 0.25) is 0 Å². The van der Waals surface area contributed by atoms with Crippen molar-refractivity contribution in [2.45, 2.75) is 12.8 Å². The Morgan fingerprint density at radius 1 is 0.971 bits per heavy atom. The van der Waals surface area contributed by atoms with Crippen LogP contribution in [0.4, 0.5) is 11.5 Å². The summed E-state index contributed by atoms with van der Waals surface area (Å²) in [5.74, 6) is 2.00. The third kappa shape index (κ3) is 5.59. The van der Waals surface area contributed by atoms with Crippen molar-refractivity contribution < 1.29 is 28.5 Å². The zero-order valence-corrected chi connectivity index (χ0v) is 20.4. The maximum atomic E-state index is 13.0. The van der Waals surface area contributed by atoms with Crippen LogP contribution < -0.4 is 24.4 Å². The van der Waals surface area contributed by atoms with E-state index in [4.69, 9.17) is 18.9 Å². The second-order valence-electron chi connectivity index (χ2n) is 8.47. The Morgan fingerprint density at radius 2 is 1.63 bits per heavy atom. The molecule has 4 rings (SSSR count). The molecule has 10 heteroatoms. The first-order chi connectivity index (χ1) is 17.0. The number of amides is 2. The molecule has 0 aliphatic carbocycles. The highest BCUT2D eigenvalue weighted by Gasteiger charge is 2.27. The third-order valence-electron chi connectivity index (χ3n) is 6.41. The molecule has 2 aromatic rings. The number of hydrogen-bond donors (Lipinski definition) is 1. The number of nitrogens with zero attached hydrogens (tertiary/aromatic N) is 3. The minimum Gasteiger partial charge on any atom is -0.493 e. The Balaban J connectivity index is 1.37. The Labute approximate surface area is 205 Å². The lowest BCUT2D eigenvalue weighted by Crippen LogP contribution is -2.41. The average molecular weight is 485 g/mol. The van der Waals surface area contributed by atoms with Crippen LogP contribution in [0.1, 0.15) is 23.2 Å². The van der Waals surface area contributed by atoms with Gasteiger partial charge in [0.15, 0.2) is 11.5 Å². The number of anilines is 2. The van der Waals surface area contributed by atoms with E-state index in [0.29, 0.717) is 80.7 Å². The van der Waals surface area contributed by atoms with Gasteiger partial charge in [-0.05, 0) is 25.0 Å². The topological polar surface area (TPSA) is 102 Å². The summed E-state index contributed by atoms with van der Waals surface area (Å²) < 4.78 is 21.4. The molecule has 2 saturated heterocycles. The molecule has 0 unspecified atom stereocenters. The normalized spacial score (nSPS) is 16.5. The molecule has 2 fully saturated rings. The molecule has 3 heterocycles. The molecule has 35 heavy (non-hydrogen) atoms. The molecule has 2 aliphatic heterocycles. The summed E-state index contributed by atoms with van der Waals surface area (Å²) in [5, 5.41) is 2.98. The lowest BCUT2D eigenvalue weighted by molar-refractivity contribution is -0.120. The molecule has 1 aromatic heterocycles. The fraction of sp³-hybridized carbons (Fsp3) is 0.480. The van der Waals surface area contributed by atoms with E-state index in [1.165, 1.54) is 21.3 Å². The number of methoxy groups -OCH3 is 3. The van der Waals surface area contributed by atoms with Gasteiger partial charge in [-0.2, -0.15) is 0 Å². The van der Waals surface area contributed by atoms with E-state index in [-0.39, 0.29) is 17.7 Å². The number of morpholine rings is 1. The van der Waals surface area contributed by atoms with Gasteiger partial charge in [0.1, 0.15) is 5.82 Å². The second kappa shape index (κ2) is 11.3. The van der Waals surface area contributed by atoms with Crippen molar-refractivity contribution in [1.29, 1.82) is 0 Å². The van der Waals surface area contributed by atoms with Crippen LogP contribution in [0, 0.1) is 5.92 Å². The molecule has 0 atom stereocenters. The van der Waals surface area contributed by atoms with Gasteiger partial charge < -0.3 is 34.1 Å². The summed E-state index contributed by atoms with van der Waals surface area (Å²) in [6, 6.07) is 7.03. The largest absolute Gasteiger partial charge is 0.493 e. The van der Waals surface area contributed by atoms with Crippen molar-refractivity contribution in [3.63, 3.8) is 0 Å². The molecule has 188 valence electrons. The van der Waals surface area contributed by atoms with Crippen LogP contribution in [0.15, 0.2) is 30.5 Å². The lowest BCUT2D eigenvalue weighted by Gasteiger charge is -2.32. The molecular formula is C25H32N4O6. The average Bonchev–Trinajstić information content (AvgIpc) is 2.92. The fourth-order valence-corrected chi connectivity index (χ4v) is 4.44. The van der Waals surface area contributed by atoms with E-state index >= 15 is 0 Å². The first-order valence-corrected chi connectivity index (χ1v) is 11.7. The summed E-state index contributed by atoms with van der Waals surface area (Å²) in [6.45, 7) is 3.68. The van der Waals surface area contributed by atoms with Crippen molar-refractivity contribution in [1.82, 2.24) is 9.88 Å². The van der Waals surface area contributed by atoms with E-state index in [2.05, 4.69) is 15.2 Å². The Bertz CT molecular complexity index is 1020. The van der Waals surface area contributed by atoms with Gasteiger partial charge >= 0.3 is 0 Å². The van der Waals surface area contributed by atoms with E-state index < -0.39 is 0 Å². The van der Waals surface area contributed by atoms with Gasteiger partial charge in [-0.1, -0.05) is 0 Å². The van der Waals surface area contributed by atoms with Crippen LogP contribution in [0.25, 0.3) is 0 Å². The summed E-state index contributed by atoms with van der Waals surface area (Å²) in [6.07, 6.45) is 3.03. The van der Waals surface area contributed by atoms with Gasteiger partial charge in [-0.15, -0.1) is 0 Å². The number of carbonyl (C=O) groups excluding carboxylic acids is 2. The monoisotopic (exact) mass is 484 g/mol. The molecule has 1 N–H and O–H groups in total. The first-order valence-electron chi connectivity index (χ1n) is 11.7. The van der Waals surface area contributed by atoms with Crippen LogP contribution in [-0.4, -0.2) is 82.4 Å². The molecule has 0 spiro atoms. The number of ether oxygens (including phenoxy) is 4. The van der Waals surface area contributed by atoms with Crippen LogP contribution in [0.5, 0.6) is 17.2 Å². The van der Waals surface area contributed by atoms with Crippen molar-refractivity contribution in [3.8, 4) is 17.2 Å². The number of pyridine rings is 1. The zero-order valence-electron chi connectivity index (χ0n) is 20.4. The molecule has 0 saturated carbocycles. The molecule has 2 aliphatic rings. The quantitative estimate of drug-likeness (QED) is 0.639. The number of piperidine rings is 1. The van der Waals surface area contributed by atoms with Gasteiger partial charge in [0.25, 0.3) is 5.91 Å². The predicted octanol–water partition coefficient (Wildman–Crippen LogP) is 2.43. The zero-order chi connectivity index (χ0) is 24.8. The molecular weight excluding hydrogens is 452 g/mol. The molecule has 1 aromatic carbocycles. The maximum Gasteiger partial charge on any atom is 0.254 e. The number of carbonyl (C=O) groups is 2. The minimum atomic E-state index is -0.136. The molecule has 0 bridgehead atoms. The van der Waals surface area contributed by atoms with Crippen LogP contribution in [0.3, 0.4) is 0 Å². The number of aromatic nitrogens is 1. The van der Waals surface area contributed by atoms with Gasteiger partial charge in [0.2, 0.25) is 11.7 Å². The summed E-state index contributed by atoms with van der Waals surface area (Å²) in [4.78, 5) is 34.2. The minimum absolute atomic E-state index is 0.00318. The fourth-order valence-electron chi connectivity index (χ4n) is 4.44. The molecule has 10 nitrogen and oxygen atoms in total. The number of hydrogen-bond acceptors (Lipinski definition) is 8. The standard InChI is InChI=1S/C25H32N4O6/c1-32-20-15-19(16-21(33-2)23(20)34-3)27-24(30)17-5-8-28(9-6-17)22-14-18(4-7-26-22)25(31)29-10-12-35-13-11-29/h4,7,14-17H,5-6,8-13H2,1-3H3,(H,27,30). The lowest BCUT2D eigenvalue weighted by atomic mass is 9.95. The van der Waals surface area contributed by atoms with Crippen molar-refractivity contribution in [2.75, 3.05) is 70.9 Å². The maximum absolute atomic E-state index is 13.0. The summed E-state index contributed by atoms with van der Waals surface area (Å²) in [5.41, 5.74) is 1.21. The summed E-state index contributed by atoms with van der Waals surface area (Å²) >= 11 is 0. The molecule has 0 radical (unpaired) electrons. The van der Waals surface area contributed by atoms with Crippen LogP contribution in [-0.2, 0) is 9.53 Å². The molecule has 2 amide bonds. The van der Waals surface area contributed by atoms with Gasteiger partial charge in [-0.25, -0.2) is 4.98 Å². The Hall–Kier alpha value is -3.53. The number of nitrogens with one attached hydrogen (secondary N) is 1. The van der Waals surface area contributed by atoms with E-state index in [1.807, 2.05) is 11.0 Å².